The molecule has 6 heteroatoms. The van der Waals surface area contributed by atoms with Gasteiger partial charge in [0.1, 0.15) is 11.9 Å². The molecular formula is C21H28N6. The third-order valence-electron chi connectivity index (χ3n) is 6.28. The number of H-pyrrole nitrogens is 1. The van der Waals surface area contributed by atoms with Crippen LogP contribution in [-0.4, -0.2) is 46.0 Å². The summed E-state index contributed by atoms with van der Waals surface area (Å²) in [7, 11) is 0. The van der Waals surface area contributed by atoms with Crippen molar-refractivity contribution in [2.45, 2.75) is 51.5 Å². The van der Waals surface area contributed by atoms with Gasteiger partial charge >= 0.3 is 0 Å². The molecule has 0 amide bonds. The van der Waals surface area contributed by atoms with Gasteiger partial charge in [0, 0.05) is 37.4 Å². The average molecular weight is 364 g/mol. The second-order valence-corrected chi connectivity index (χ2v) is 7.95. The third-order valence-corrected chi connectivity index (χ3v) is 6.28. The van der Waals surface area contributed by atoms with Crippen LogP contribution in [0.15, 0.2) is 18.5 Å². The van der Waals surface area contributed by atoms with Crippen LogP contribution < -0.4 is 4.90 Å². The lowest BCUT2D eigenvalue weighted by Crippen LogP contribution is -2.56. The Balaban J connectivity index is 1.63. The van der Waals surface area contributed by atoms with Gasteiger partial charge in [-0.1, -0.05) is 20.8 Å². The van der Waals surface area contributed by atoms with E-state index in [4.69, 9.17) is 9.97 Å². The van der Waals surface area contributed by atoms with Crippen molar-refractivity contribution in [2.24, 2.45) is 0 Å². The van der Waals surface area contributed by atoms with E-state index in [0.29, 0.717) is 11.5 Å². The molecule has 2 aromatic heterocycles. The summed E-state index contributed by atoms with van der Waals surface area (Å²) in [4.78, 5) is 17.8. The van der Waals surface area contributed by atoms with Gasteiger partial charge in [0.25, 0.3) is 0 Å². The highest BCUT2D eigenvalue weighted by molar-refractivity contribution is 5.55. The number of hydrogen-bond acceptors (Lipinski definition) is 5. The highest BCUT2D eigenvalue weighted by Gasteiger charge is 2.46. The lowest BCUT2D eigenvalue weighted by atomic mass is 9.78. The lowest BCUT2D eigenvalue weighted by Gasteiger charge is -2.50. The Morgan fingerprint density at radius 2 is 2.04 bits per heavy atom. The van der Waals surface area contributed by atoms with Crippen molar-refractivity contribution in [1.82, 2.24) is 19.9 Å². The van der Waals surface area contributed by atoms with Gasteiger partial charge in [-0.05, 0) is 37.4 Å². The van der Waals surface area contributed by atoms with E-state index in [0.717, 1.165) is 57.0 Å². The first kappa shape index (κ1) is 18.0. The fraction of sp³-hybridized carbons (Fsp3) is 0.571. The number of hydrogen-bond donors (Lipinski definition) is 1. The normalized spacial score (nSPS) is 19.3. The van der Waals surface area contributed by atoms with E-state index in [-0.39, 0.29) is 5.54 Å². The van der Waals surface area contributed by atoms with Crippen molar-refractivity contribution in [1.29, 1.82) is 5.26 Å². The summed E-state index contributed by atoms with van der Waals surface area (Å²) in [6, 6.07) is 6.23. The monoisotopic (exact) mass is 364 g/mol. The lowest BCUT2D eigenvalue weighted by molar-refractivity contribution is 0.0496. The fourth-order valence-electron chi connectivity index (χ4n) is 4.74. The highest BCUT2D eigenvalue weighted by Crippen LogP contribution is 2.42. The number of rotatable bonds is 3. The Hall–Kier alpha value is -2.39. The zero-order valence-corrected chi connectivity index (χ0v) is 16.5. The quantitative estimate of drug-likeness (QED) is 0.906. The summed E-state index contributed by atoms with van der Waals surface area (Å²) in [5.74, 6) is 1.20. The average Bonchev–Trinajstić information content (AvgIpc) is 3.18. The van der Waals surface area contributed by atoms with Crippen LogP contribution in [0.25, 0.3) is 0 Å². The van der Waals surface area contributed by atoms with Crippen LogP contribution in [-0.2, 0) is 12.0 Å². The van der Waals surface area contributed by atoms with Crippen LogP contribution in [0.3, 0.4) is 0 Å². The van der Waals surface area contributed by atoms with E-state index in [1.807, 2.05) is 18.5 Å². The van der Waals surface area contributed by atoms with Crippen molar-refractivity contribution >= 4 is 5.82 Å². The van der Waals surface area contributed by atoms with Gasteiger partial charge in [-0.3, -0.25) is 4.90 Å². The van der Waals surface area contributed by atoms with Crippen LogP contribution in [0.2, 0.25) is 0 Å². The van der Waals surface area contributed by atoms with Gasteiger partial charge in [0.15, 0.2) is 0 Å². The van der Waals surface area contributed by atoms with Gasteiger partial charge < -0.3 is 9.88 Å². The molecule has 2 aliphatic rings. The van der Waals surface area contributed by atoms with Crippen molar-refractivity contribution in [3.63, 3.8) is 0 Å². The Morgan fingerprint density at radius 3 is 2.70 bits per heavy atom. The molecule has 0 aromatic carbocycles. The number of imidazole rings is 1. The van der Waals surface area contributed by atoms with Crippen LogP contribution in [0.5, 0.6) is 0 Å². The van der Waals surface area contributed by atoms with Crippen LogP contribution >= 0.6 is 0 Å². The number of pyridine rings is 1. The first-order valence-electron chi connectivity index (χ1n) is 10.0. The highest BCUT2D eigenvalue weighted by atomic mass is 15.3. The summed E-state index contributed by atoms with van der Waals surface area (Å²) in [6.07, 6.45) is 4.92. The maximum absolute atomic E-state index is 9.56. The number of nitrogens with one attached hydrogen (secondary N) is 1. The number of aromatic amines is 1. The predicted molar refractivity (Wildman–Crippen MR) is 106 cm³/mol. The fourth-order valence-corrected chi connectivity index (χ4v) is 4.74. The smallest absolute Gasteiger partial charge is 0.146 e. The molecule has 0 unspecified atom stereocenters. The molecule has 2 aromatic rings. The van der Waals surface area contributed by atoms with E-state index in [9.17, 15) is 5.26 Å². The molecule has 2 aliphatic heterocycles. The zero-order valence-electron chi connectivity index (χ0n) is 16.5. The minimum atomic E-state index is 0.0152. The topological polar surface area (TPSA) is 71.8 Å². The molecule has 27 heavy (non-hydrogen) atoms. The largest absolute Gasteiger partial charge is 0.355 e. The Morgan fingerprint density at radius 1 is 1.26 bits per heavy atom. The summed E-state index contributed by atoms with van der Waals surface area (Å²) in [5.41, 5.74) is 4.27. The number of aromatic nitrogens is 3. The van der Waals surface area contributed by atoms with Gasteiger partial charge in [0.05, 0.1) is 23.1 Å². The molecule has 0 saturated carbocycles. The van der Waals surface area contributed by atoms with Gasteiger partial charge in [0.2, 0.25) is 0 Å². The first-order chi connectivity index (χ1) is 13.1. The van der Waals surface area contributed by atoms with E-state index < -0.39 is 0 Å². The molecule has 4 heterocycles. The Labute approximate surface area is 161 Å². The maximum atomic E-state index is 9.56. The summed E-state index contributed by atoms with van der Waals surface area (Å²) >= 11 is 0. The van der Waals surface area contributed by atoms with Gasteiger partial charge in [-0.25, -0.2) is 9.97 Å². The molecule has 1 spiro atoms. The third kappa shape index (κ3) is 2.90. The molecule has 1 saturated heterocycles. The second-order valence-electron chi connectivity index (χ2n) is 7.95. The van der Waals surface area contributed by atoms with Crippen LogP contribution in [0, 0.1) is 11.3 Å². The van der Waals surface area contributed by atoms with Crippen molar-refractivity contribution in [3.8, 4) is 6.07 Å². The maximum Gasteiger partial charge on any atom is 0.146 e. The SMILES string of the molecule is CCN1CCc2[nH]cnc2C12CCN(c1nc(C(C)C)ccc1C#N)CC2. The van der Waals surface area contributed by atoms with Crippen LogP contribution in [0.4, 0.5) is 5.82 Å². The molecule has 0 radical (unpaired) electrons. The molecule has 4 rings (SSSR count). The first-order valence-corrected chi connectivity index (χ1v) is 10.0. The minimum Gasteiger partial charge on any atom is -0.355 e. The van der Waals surface area contributed by atoms with Crippen molar-refractivity contribution < 1.29 is 0 Å². The molecule has 0 bridgehead atoms. The Kier molecular flexibility index (Phi) is 4.65. The standard InChI is InChI=1S/C21H28N6/c1-4-27-10-7-18-19(24-14-23-18)21(27)8-11-26(12-9-21)20-16(13-22)5-6-17(25-20)15(2)3/h5-6,14-15H,4,7-12H2,1-3H3,(H,23,24). The van der Waals surface area contributed by atoms with Gasteiger partial charge in [-0.15, -0.1) is 0 Å². The molecule has 1 N–H and O–H groups in total. The second kappa shape index (κ2) is 6.97. The van der Waals surface area contributed by atoms with E-state index in [1.54, 1.807) is 0 Å². The van der Waals surface area contributed by atoms with Crippen molar-refractivity contribution in [3.05, 3.63) is 41.1 Å². The molecule has 1 fully saturated rings. The summed E-state index contributed by atoms with van der Waals surface area (Å²) < 4.78 is 0. The number of fused-ring (bicyclic) bond motifs is 2. The summed E-state index contributed by atoms with van der Waals surface area (Å²) in [5, 5.41) is 9.56. The van der Waals surface area contributed by atoms with Crippen LogP contribution in [0.1, 0.15) is 62.2 Å². The minimum absolute atomic E-state index is 0.0152. The number of likely N-dealkylation sites (N-methyl/N-ethyl adjacent to an activating group) is 1. The molecule has 142 valence electrons. The zero-order chi connectivity index (χ0) is 19.0. The summed E-state index contributed by atoms with van der Waals surface area (Å²) in [6.45, 7) is 10.4. The van der Waals surface area contributed by atoms with E-state index in [1.165, 1.54) is 11.4 Å². The molecule has 0 atom stereocenters. The van der Waals surface area contributed by atoms with E-state index in [2.05, 4.69) is 41.6 Å². The van der Waals surface area contributed by atoms with Crippen molar-refractivity contribution in [2.75, 3.05) is 31.1 Å². The predicted octanol–water partition coefficient (Wildman–Crippen LogP) is 3.17. The van der Waals surface area contributed by atoms with E-state index >= 15 is 0 Å². The number of piperidine rings is 1. The molecular weight excluding hydrogens is 336 g/mol. The number of anilines is 1. The Bertz CT molecular complexity index is 854. The number of nitrogens with zero attached hydrogens (tertiary/aromatic N) is 5. The van der Waals surface area contributed by atoms with Gasteiger partial charge in [-0.2, -0.15) is 5.26 Å². The molecule has 0 aliphatic carbocycles. The molecule has 6 nitrogen and oxygen atoms in total. The number of nitriles is 1.